The molecule has 3 aromatic rings. The van der Waals surface area contributed by atoms with E-state index in [9.17, 15) is 14.7 Å². The summed E-state index contributed by atoms with van der Waals surface area (Å²) in [4.78, 5) is 25.5. The van der Waals surface area contributed by atoms with Gasteiger partial charge in [-0.15, -0.1) is 0 Å². The lowest BCUT2D eigenvalue weighted by molar-refractivity contribution is -0.112. The van der Waals surface area contributed by atoms with Gasteiger partial charge in [-0.1, -0.05) is 28.1 Å². The van der Waals surface area contributed by atoms with Gasteiger partial charge in [-0.05, 0) is 77.5 Å². The van der Waals surface area contributed by atoms with E-state index in [0.717, 1.165) is 0 Å². The summed E-state index contributed by atoms with van der Waals surface area (Å²) in [7, 11) is 0. The smallest absolute Gasteiger partial charge is 0.412 e. The highest BCUT2D eigenvalue weighted by atomic mass is 79.9. The molecule has 2 amide bonds. The summed E-state index contributed by atoms with van der Waals surface area (Å²) in [6.07, 6.45) is -0.280. The van der Waals surface area contributed by atoms with Gasteiger partial charge in [0.1, 0.15) is 11.9 Å². The maximum Gasteiger partial charge on any atom is 0.412 e. The van der Waals surface area contributed by atoms with E-state index in [4.69, 9.17) is 20.5 Å². The van der Waals surface area contributed by atoms with Gasteiger partial charge < -0.3 is 25.6 Å². The van der Waals surface area contributed by atoms with Crippen molar-refractivity contribution in [1.29, 1.82) is 5.26 Å². The van der Waals surface area contributed by atoms with E-state index >= 15 is 0 Å². The standard InChI is InChI=1S/C27H24Br2N4O5/c1-2-37-23(11-12-24(34)33-22-6-4-3-5-21(22)31)26(19-13-17(28)14-20(29)25(19)35)38-27(36)32-18-9-7-16(15-30)8-10-18/h3-14,23,26,35H,2,31H2,1H3,(H,32,36)(H,33,34)/b12-11+/t23-,26-/m0/s1. The number of anilines is 3. The van der Waals surface area contributed by atoms with Gasteiger partial charge in [-0.3, -0.25) is 10.1 Å². The quantitative estimate of drug-likeness (QED) is 0.159. The van der Waals surface area contributed by atoms with Crippen LogP contribution in [0.3, 0.4) is 0 Å². The molecule has 0 radical (unpaired) electrons. The molecule has 0 bridgehead atoms. The maximum absolute atomic E-state index is 12.9. The van der Waals surface area contributed by atoms with Crippen LogP contribution < -0.4 is 16.4 Å². The summed E-state index contributed by atoms with van der Waals surface area (Å²) in [5.41, 5.74) is 7.81. The summed E-state index contributed by atoms with van der Waals surface area (Å²) in [5, 5.41) is 25.0. The first-order valence-corrected chi connectivity index (χ1v) is 12.9. The van der Waals surface area contributed by atoms with Crippen molar-refractivity contribution in [3.05, 3.63) is 92.9 Å². The molecule has 0 aliphatic carbocycles. The fourth-order valence-corrected chi connectivity index (χ4v) is 4.66. The zero-order valence-corrected chi connectivity index (χ0v) is 23.3. The van der Waals surface area contributed by atoms with Gasteiger partial charge in [0.15, 0.2) is 6.10 Å². The second kappa shape index (κ2) is 13.6. The second-order valence-electron chi connectivity index (χ2n) is 7.82. The van der Waals surface area contributed by atoms with Crippen LogP contribution in [-0.2, 0) is 14.3 Å². The Bertz CT molecular complexity index is 1370. The maximum atomic E-state index is 12.9. The van der Waals surface area contributed by atoms with Crippen molar-refractivity contribution in [3.63, 3.8) is 0 Å². The van der Waals surface area contributed by atoms with Crippen molar-refractivity contribution in [2.75, 3.05) is 23.0 Å². The van der Waals surface area contributed by atoms with E-state index in [0.29, 0.717) is 31.6 Å². The van der Waals surface area contributed by atoms with Crippen molar-refractivity contribution in [3.8, 4) is 11.8 Å². The first-order valence-electron chi connectivity index (χ1n) is 11.3. The van der Waals surface area contributed by atoms with Gasteiger partial charge in [0.2, 0.25) is 5.91 Å². The Morgan fingerprint density at radius 1 is 1.13 bits per heavy atom. The van der Waals surface area contributed by atoms with E-state index in [1.165, 1.54) is 12.2 Å². The number of nitrogens with zero attached hydrogens (tertiary/aromatic N) is 1. The Morgan fingerprint density at radius 3 is 2.50 bits per heavy atom. The fraction of sp³-hybridized carbons (Fsp3) is 0.148. The molecule has 0 aliphatic rings. The minimum Gasteiger partial charge on any atom is -0.506 e. The van der Waals surface area contributed by atoms with Crippen LogP contribution >= 0.6 is 31.9 Å². The lowest BCUT2D eigenvalue weighted by atomic mass is 10.0. The molecule has 0 saturated heterocycles. The highest BCUT2D eigenvalue weighted by molar-refractivity contribution is 9.11. The highest BCUT2D eigenvalue weighted by Gasteiger charge is 2.30. The Hall–Kier alpha value is -3.85. The van der Waals surface area contributed by atoms with Crippen LogP contribution in [0.1, 0.15) is 24.2 Å². The van der Waals surface area contributed by atoms with E-state index < -0.39 is 24.2 Å². The first-order chi connectivity index (χ1) is 18.2. The summed E-state index contributed by atoms with van der Waals surface area (Å²) < 4.78 is 12.5. The summed E-state index contributed by atoms with van der Waals surface area (Å²) >= 11 is 6.68. The summed E-state index contributed by atoms with van der Waals surface area (Å²) in [6.45, 7) is 1.96. The molecule has 3 aromatic carbocycles. The number of carbonyl (C=O) groups is 2. The Balaban J connectivity index is 1.90. The molecule has 0 heterocycles. The number of carbonyl (C=O) groups excluding carboxylic acids is 2. The van der Waals surface area contributed by atoms with E-state index in [2.05, 4.69) is 42.5 Å². The number of nitrogens with one attached hydrogen (secondary N) is 2. The number of nitrogens with two attached hydrogens (primary N) is 1. The normalized spacial score (nSPS) is 12.4. The van der Waals surface area contributed by atoms with Gasteiger partial charge in [0.05, 0.1) is 27.5 Å². The third-order valence-electron chi connectivity index (χ3n) is 5.17. The largest absolute Gasteiger partial charge is 0.506 e. The summed E-state index contributed by atoms with van der Waals surface area (Å²) in [6, 6.07) is 18.3. The van der Waals surface area contributed by atoms with E-state index in [-0.39, 0.29) is 17.9 Å². The molecular weight excluding hydrogens is 620 g/mol. The molecule has 0 spiro atoms. The SMILES string of the molecule is CCO[C@@H](/C=C/C(=O)Nc1ccccc1N)[C@@H](OC(=O)Nc1ccc(C#N)cc1)c1cc(Br)cc(Br)c1O. The molecule has 0 aliphatic heterocycles. The number of para-hydroxylation sites is 2. The first kappa shape index (κ1) is 28.7. The predicted octanol–water partition coefficient (Wildman–Crippen LogP) is 6.26. The number of hydrogen-bond acceptors (Lipinski definition) is 7. The fourth-order valence-electron chi connectivity index (χ4n) is 3.40. The number of phenolic OH excluding ortho intramolecular Hbond substituents is 1. The number of benzene rings is 3. The molecule has 2 atom stereocenters. The molecule has 38 heavy (non-hydrogen) atoms. The number of nitriles is 1. The lowest BCUT2D eigenvalue weighted by Gasteiger charge is -2.26. The molecule has 11 heteroatoms. The van der Waals surface area contributed by atoms with Crippen molar-refractivity contribution in [2.24, 2.45) is 0 Å². The van der Waals surface area contributed by atoms with Gasteiger partial charge in [-0.25, -0.2) is 4.79 Å². The topological polar surface area (TPSA) is 147 Å². The number of nitrogen functional groups attached to an aromatic ring is 1. The average Bonchev–Trinajstić information content (AvgIpc) is 2.89. The molecule has 3 rings (SSSR count). The molecule has 0 aromatic heterocycles. The Labute approximate surface area is 236 Å². The van der Waals surface area contributed by atoms with Crippen molar-refractivity contribution in [2.45, 2.75) is 19.1 Å². The van der Waals surface area contributed by atoms with Crippen LogP contribution in [0, 0.1) is 11.3 Å². The molecule has 0 saturated carbocycles. The van der Waals surface area contributed by atoms with Gasteiger partial charge in [0, 0.05) is 28.4 Å². The third-order valence-corrected chi connectivity index (χ3v) is 6.23. The van der Waals surface area contributed by atoms with Crippen LogP contribution in [0.2, 0.25) is 0 Å². The third kappa shape index (κ3) is 7.82. The number of ether oxygens (including phenoxy) is 2. The van der Waals surface area contributed by atoms with Crippen LogP contribution in [0.4, 0.5) is 21.9 Å². The van der Waals surface area contributed by atoms with Gasteiger partial charge in [-0.2, -0.15) is 5.26 Å². The number of rotatable bonds is 9. The highest BCUT2D eigenvalue weighted by Crippen LogP contribution is 2.39. The van der Waals surface area contributed by atoms with Gasteiger partial charge in [0.25, 0.3) is 0 Å². The predicted molar refractivity (Wildman–Crippen MR) is 152 cm³/mol. The number of hydrogen-bond donors (Lipinski definition) is 4. The zero-order valence-electron chi connectivity index (χ0n) is 20.2. The van der Waals surface area contributed by atoms with Crippen LogP contribution in [0.15, 0.2) is 81.8 Å². The van der Waals surface area contributed by atoms with Crippen molar-refractivity contribution in [1.82, 2.24) is 0 Å². The van der Waals surface area contributed by atoms with Gasteiger partial charge >= 0.3 is 6.09 Å². The van der Waals surface area contributed by atoms with Crippen LogP contribution in [0.5, 0.6) is 5.75 Å². The van der Waals surface area contributed by atoms with E-state index in [1.54, 1.807) is 67.6 Å². The minimum absolute atomic E-state index is 0.163. The van der Waals surface area contributed by atoms with Crippen molar-refractivity contribution < 1.29 is 24.2 Å². The number of aromatic hydroxyl groups is 1. The number of amides is 2. The second-order valence-corrected chi connectivity index (χ2v) is 9.59. The number of halogens is 2. The number of phenols is 1. The molecular formula is C27H24Br2N4O5. The lowest BCUT2D eigenvalue weighted by Crippen LogP contribution is -2.28. The minimum atomic E-state index is -1.16. The molecule has 9 nitrogen and oxygen atoms in total. The van der Waals surface area contributed by atoms with Crippen LogP contribution in [-0.4, -0.2) is 29.8 Å². The molecule has 5 N–H and O–H groups in total. The molecule has 0 fully saturated rings. The monoisotopic (exact) mass is 642 g/mol. The summed E-state index contributed by atoms with van der Waals surface area (Å²) in [5.74, 6) is -0.642. The van der Waals surface area contributed by atoms with Crippen LogP contribution in [0.25, 0.3) is 0 Å². The Morgan fingerprint density at radius 2 is 1.84 bits per heavy atom. The zero-order chi connectivity index (χ0) is 27.7. The average molecular weight is 644 g/mol. The van der Waals surface area contributed by atoms with Crippen molar-refractivity contribution >= 4 is 60.9 Å². The molecule has 0 unspecified atom stereocenters. The van der Waals surface area contributed by atoms with E-state index in [1.807, 2.05) is 6.07 Å². The Kier molecular flexibility index (Phi) is 10.3. The molecule has 196 valence electrons.